The molecule has 1 N–H and O–H groups in total. The number of halogens is 1. The molecule has 2 aromatic carbocycles. The molecule has 0 radical (unpaired) electrons. The molecule has 1 amide bonds. The van der Waals surface area contributed by atoms with Crippen LogP contribution in [-0.2, 0) is 4.79 Å². The molecule has 26 heavy (non-hydrogen) atoms. The summed E-state index contributed by atoms with van der Waals surface area (Å²) in [6.07, 6.45) is 0.281. The summed E-state index contributed by atoms with van der Waals surface area (Å²) in [5.41, 5.74) is 1.85. The topological polar surface area (TPSA) is 71.7 Å². The number of benzene rings is 2. The van der Waals surface area contributed by atoms with Gasteiger partial charge in [0, 0.05) is 5.56 Å². The molecule has 134 valence electrons. The summed E-state index contributed by atoms with van der Waals surface area (Å²) in [4.78, 5) is 28.5. The summed E-state index contributed by atoms with van der Waals surface area (Å²) in [7, 11) is 0. The largest absolute Gasteiger partial charge is 0.480 e. The minimum Gasteiger partial charge on any atom is -0.480 e. The number of carboxylic acids is 1. The lowest BCUT2D eigenvalue weighted by Crippen LogP contribution is -2.27. The van der Waals surface area contributed by atoms with Gasteiger partial charge in [-0.2, -0.15) is 4.99 Å². The number of aryl methyl sites for hydroxylation is 1. The number of aliphatic carboxylic acids is 1. The average Bonchev–Trinajstić information content (AvgIpc) is 2.93. The monoisotopic (exact) mass is 372 g/mol. The van der Waals surface area contributed by atoms with Gasteiger partial charge in [0.2, 0.25) is 0 Å². The quantitative estimate of drug-likeness (QED) is 0.754. The van der Waals surface area contributed by atoms with Gasteiger partial charge in [-0.1, -0.05) is 36.0 Å². The van der Waals surface area contributed by atoms with Crippen molar-refractivity contribution in [3.8, 4) is 0 Å². The summed E-state index contributed by atoms with van der Waals surface area (Å²) in [6.45, 7) is 3.64. The van der Waals surface area contributed by atoms with Gasteiger partial charge in [0.25, 0.3) is 5.91 Å². The van der Waals surface area contributed by atoms with Crippen molar-refractivity contribution in [1.29, 1.82) is 0 Å². The van der Waals surface area contributed by atoms with E-state index in [2.05, 4.69) is 4.99 Å². The number of thiazole rings is 1. The first-order valence-electron chi connectivity index (χ1n) is 8.10. The highest BCUT2D eigenvalue weighted by Crippen LogP contribution is 2.23. The molecule has 1 atom stereocenters. The maximum absolute atomic E-state index is 13.7. The Balaban J connectivity index is 2.22. The Morgan fingerprint density at radius 3 is 2.54 bits per heavy atom. The van der Waals surface area contributed by atoms with Gasteiger partial charge in [-0.25, -0.2) is 9.18 Å². The van der Waals surface area contributed by atoms with Crippen molar-refractivity contribution in [3.05, 3.63) is 64.2 Å². The Morgan fingerprint density at radius 2 is 1.92 bits per heavy atom. The molecule has 0 fully saturated rings. The number of carbonyl (C=O) groups is 2. The summed E-state index contributed by atoms with van der Waals surface area (Å²) in [5.74, 6) is -1.99. The molecule has 0 aliphatic carbocycles. The van der Waals surface area contributed by atoms with Crippen molar-refractivity contribution in [3.63, 3.8) is 0 Å². The Kier molecular flexibility index (Phi) is 4.99. The van der Waals surface area contributed by atoms with E-state index in [0.29, 0.717) is 15.8 Å². The average molecular weight is 372 g/mol. The lowest BCUT2D eigenvalue weighted by Gasteiger charge is -2.13. The van der Waals surface area contributed by atoms with Crippen LogP contribution in [0.25, 0.3) is 10.2 Å². The zero-order valence-corrected chi connectivity index (χ0v) is 15.1. The van der Waals surface area contributed by atoms with Crippen molar-refractivity contribution in [2.75, 3.05) is 0 Å². The third-order valence-corrected chi connectivity index (χ3v) is 5.10. The normalized spacial score (nSPS) is 13.1. The number of hydrogen-bond acceptors (Lipinski definition) is 3. The van der Waals surface area contributed by atoms with Gasteiger partial charge < -0.3 is 9.67 Å². The van der Waals surface area contributed by atoms with Crippen LogP contribution in [0.3, 0.4) is 0 Å². The third-order valence-electron chi connectivity index (χ3n) is 4.07. The molecule has 1 unspecified atom stereocenters. The Hall–Kier alpha value is -2.80. The second-order valence-corrected chi connectivity index (χ2v) is 6.92. The summed E-state index contributed by atoms with van der Waals surface area (Å²) < 4.78 is 15.8. The highest BCUT2D eigenvalue weighted by Gasteiger charge is 2.22. The van der Waals surface area contributed by atoms with E-state index in [0.717, 1.165) is 5.56 Å². The summed E-state index contributed by atoms with van der Waals surface area (Å²) in [6, 6.07) is 10.2. The zero-order chi connectivity index (χ0) is 18.8. The fraction of sp³-hybridized carbons (Fsp3) is 0.211. The maximum Gasteiger partial charge on any atom is 0.326 e. The van der Waals surface area contributed by atoms with Gasteiger partial charge in [-0.3, -0.25) is 4.79 Å². The van der Waals surface area contributed by atoms with Crippen LogP contribution in [0.4, 0.5) is 4.39 Å². The molecule has 3 rings (SSSR count). The van der Waals surface area contributed by atoms with Crippen molar-refractivity contribution in [2.24, 2.45) is 4.99 Å². The minimum absolute atomic E-state index is 0.241. The SMILES string of the molecule is CCC(C(=O)O)n1/c(=N/C(=O)c2ccc(C)cc2)sc2ccc(F)cc21. The van der Waals surface area contributed by atoms with E-state index in [4.69, 9.17) is 0 Å². The Morgan fingerprint density at radius 1 is 1.23 bits per heavy atom. The van der Waals surface area contributed by atoms with Crippen LogP contribution in [-0.4, -0.2) is 21.6 Å². The van der Waals surface area contributed by atoms with Gasteiger partial charge in [-0.05, 0) is 43.7 Å². The molecule has 0 spiro atoms. The van der Waals surface area contributed by atoms with E-state index in [1.807, 2.05) is 19.1 Å². The van der Waals surface area contributed by atoms with Gasteiger partial charge in [0.1, 0.15) is 11.9 Å². The number of fused-ring (bicyclic) bond motifs is 1. The molecule has 3 aromatic rings. The lowest BCUT2D eigenvalue weighted by molar-refractivity contribution is -0.140. The van der Waals surface area contributed by atoms with Gasteiger partial charge in [-0.15, -0.1) is 0 Å². The van der Waals surface area contributed by atoms with Gasteiger partial charge >= 0.3 is 5.97 Å². The highest BCUT2D eigenvalue weighted by molar-refractivity contribution is 7.16. The van der Waals surface area contributed by atoms with E-state index >= 15 is 0 Å². The predicted molar refractivity (Wildman–Crippen MR) is 97.8 cm³/mol. The molecule has 0 aliphatic rings. The minimum atomic E-state index is -1.05. The van der Waals surface area contributed by atoms with Crippen LogP contribution in [0, 0.1) is 12.7 Å². The van der Waals surface area contributed by atoms with Crippen molar-refractivity contribution < 1.29 is 19.1 Å². The molecule has 0 bridgehead atoms. The molecule has 1 aromatic heterocycles. The van der Waals surface area contributed by atoms with Crippen LogP contribution >= 0.6 is 11.3 Å². The first kappa shape index (κ1) is 18.0. The second kappa shape index (κ2) is 7.21. The second-order valence-electron chi connectivity index (χ2n) is 5.91. The first-order chi connectivity index (χ1) is 12.4. The molecular weight excluding hydrogens is 355 g/mol. The molecule has 7 heteroatoms. The van der Waals surface area contributed by atoms with E-state index in [-0.39, 0.29) is 11.2 Å². The number of amides is 1. The van der Waals surface area contributed by atoms with E-state index < -0.39 is 23.7 Å². The fourth-order valence-electron chi connectivity index (χ4n) is 2.71. The molecule has 5 nitrogen and oxygen atoms in total. The molecule has 0 aliphatic heterocycles. The number of nitrogens with zero attached hydrogens (tertiary/aromatic N) is 2. The predicted octanol–water partition coefficient (Wildman–Crippen LogP) is 3.93. The summed E-state index contributed by atoms with van der Waals surface area (Å²) in [5, 5.41) is 9.54. The van der Waals surface area contributed by atoms with E-state index in [1.165, 1.54) is 28.0 Å². The number of carbonyl (C=O) groups excluding carboxylic acids is 1. The third kappa shape index (κ3) is 3.43. The van der Waals surface area contributed by atoms with Crippen LogP contribution in [0.2, 0.25) is 0 Å². The van der Waals surface area contributed by atoms with E-state index in [9.17, 15) is 19.1 Å². The number of hydrogen-bond donors (Lipinski definition) is 1. The van der Waals surface area contributed by atoms with Crippen molar-refractivity contribution in [1.82, 2.24) is 4.57 Å². The summed E-state index contributed by atoms with van der Waals surface area (Å²) >= 11 is 1.17. The Bertz CT molecular complexity index is 1050. The zero-order valence-electron chi connectivity index (χ0n) is 14.3. The number of carboxylic acid groups (broad SMARTS) is 1. The lowest BCUT2D eigenvalue weighted by atomic mass is 10.1. The number of aromatic nitrogens is 1. The standard InChI is InChI=1S/C19H17FN2O3S/c1-3-14(18(24)25)22-15-10-13(20)8-9-16(15)26-19(22)21-17(23)12-6-4-11(2)5-7-12/h4-10,14H,3H2,1-2H3,(H,24,25)/b21-19-. The van der Waals surface area contributed by atoms with Crippen LogP contribution in [0.15, 0.2) is 47.5 Å². The first-order valence-corrected chi connectivity index (χ1v) is 8.91. The smallest absolute Gasteiger partial charge is 0.326 e. The maximum atomic E-state index is 13.7. The number of rotatable bonds is 4. The van der Waals surface area contributed by atoms with Crippen LogP contribution < -0.4 is 4.80 Å². The van der Waals surface area contributed by atoms with Crippen molar-refractivity contribution in [2.45, 2.75) is 26.3 Å². The van der Waals surface area contributed by atoms with Crippen molar-refractivity contribution >= 4 is 33.4 Å². The molecule has 1 heterocycles. The van der Waals surface area contributed by atoms with E-state index in [1.54, 1.807) is 25.1 Å². The Labute approximate surface area is 153 Å². The highest BCUT2D eigenvalue weighted by atomic mass is 32.1. The van der Waals surface area contributed by atoms with Crippen LogP contribution in [0.1, 0.15) is 35.3 Å². The van der Waals surface area contributed by atoms with Gasteiger partial charge in [0.15, 0.2) is 4.80 Å². The molecule has 0 saturated heterocycles. The van der Waals surface area contributed by atoms with Crippen LogP contribution in [0.5, 0.6) is 0 Å². The molecular formula is C19H17FN2O3S. The fourth-order valence-corrected chi connectivity index (χ4v) is 3.76. The molecule has 0 saturated carbocycles. The van der Waals surface area contributed by atoms with Gasteiger partial charge in [0.05, 0.1) is 10.2 Å².